The maximum absolute atomic E-state index is 11.8. The van der Waals surface area contributed by atoms with Crippen molar-refractivity contribution in [2.75, 3.05) is 0 Å². The highest BCUT2D eigenvalue weighted by Crippen LogP contribution is 2.27. The molecule has 0 saturated carbocycles. The average Bonchev–Trinajstić information content (AvgIpc) is 2.50. The van der Waals surface area contributed by atoms with Crippen LogP contribution in [0.15, 0.2) is 51.7 Å². The van der Waals surface area contributed by atoms with Gasteiger partial charge in [-0.15, -0.1) is 0 Å². The van der Waals surface area contributed by atoms with Crippen LogP contribution in [0.25, 0.3) is 11.0 Å². The Morgan fingerprint density at radius 3 is 2.68 bits per heavy atom. The lowest BCUT2D eigenvalue weighted by Gasteiger charge is -2.11. The number of ether oxygens (including phenoxy) is 1. The van der Waals surface area contributed by atoms with E-state index in [0.29, 0.717) is 16.4 Å². The molecule has 3 rings (SSSR count). The second-order valence-electron chi connectivity index (χ2n) is 5.19. The fraction of sp³-hybridized carbons (Fsp3) is 0.167. The molecule has 22 heavy (non-hydrogen) atoms. The fourth-order valence-electron chi connectivity index (χ4n) is 2.36. The van der Waals surface area contributed by atoms with Crippen LogP contribution in [-0.4, -0.2) is 0 Å². The van der Waals surface area contributed by atoms with Crippen LogP contribution in [0.4, 0.5) is 0 Å². The molecule has 4 heteroatoms. The van der Waals surface area contributed by atoms with Crippen LogP contribution in [0, 0.1) is 13.8 Å². The zero-order chi connectivity index (χ0) is 15.7. The third-order valence-corrected chi connectivity index (χ3v) is 4.05. The minimum absolute atomic E-state index is 0.258. The predicted molar refractivity (Wildman–Crippen MR) is 87.7 cm³/mol. The van der Waals surface area contributed by atoms with E-state index in [4.69, 9.17) is 20.8 Å². The Labute approximate surface area is 133 Å². The van der Waals surface area contributed by atoms with E-state index in [1.807, 2.05) is 38.1 Å². The van der Waals surface area contributed by atoms with Crippen molar-refractivity contribution in [3.05, 3.63) is 74.6 Å². The Bertz CT molecular complexity index is 896. The van der Waals surface area contributed by atoms with E-state index in [2.05, 4.69) is 0 Å². The molecular formula is C18H15ClO3. The van der Waals surface area contributed by atoms with Gasteiger partial charge in [-0.3, -0.25) is 0 Å². The molecule has 0 aliphatic rings. The minimum atomic E-state index is -0.376. The summed E-state index contributed by atoms with van der Waals surface area (Å²) in [5.74, 6) is 0.592. The van der Waals surface area contributed by atoms with E-state index in [1.165, 1.54) is 6.07 Å². The second kappa shape index (κ2) is 5.85. The molecule has 3 nitrogen and oxygen atoms in total. The first kappa shape index (κ1) is 14.7. The smallest absolute Gasteiger partial charge is 0.336 e. The molecule has 0 aliphatic heterocycles. The number of halogens is 1. The van der Waals surface area contributed by atoms with Crippen LogP contribution in [-0.2, 0) is 6.61 Å². The van der Waals surface area contributed by atoms with Crippen LogP contribution in [0.3, 0.4) is 0 Å². The van der Waals surface area contributed by atoms with Crippen molar-refractivity contribution >= 4 is 22.6 Å². The van der Waals surface area contributed by atoms with Crippen molar-refractivity contribution in [2.45, 2.75) is 20.5 Å². The largest absolute Gasteiger partial charge is 0.487 e. The van der Waals surface area contributed by atoms with Crippen molar-refractivity contribution < 1.29 is 9.15 Å². The molecule has 112 valence electrons. The molecule has 0 bridgehead atoms. The molecule has 2 aromatic carbocycles. The molecule has 0 aliphatic carbocycles. The highest BCUT2D eigenvalue weighted by atomic mass is 35.5. The van der Waals surface area contributed by atoms with Crippen molar-refractivity contribution in [3.63, 3.8) is 0 Å². The van der Waals surface area contributed by atoms with Gasteiger partial charge in [-0.2, -0.15) is 0 Å². The van der Waals surface area contributed by atoms with Gasteiger partial charge in [-0.1, -0.05) is 35.9 Å². The first-order chi connectivity index (χ1) is 10.6. The summed E-state index contributed by atoms with van der Waals surface area (Å²) in [5.41, 5.74) is 3.08. The first-order valence-corrected chi connectivity index (χ1v) is 7.34. The second-order valence-corrected chi connectivity index (χ2v) is 5.60. The summed E-state index contributed by atoms with van der Waals surface area (Å²) < 4.78 is 11.1. The summed E-state index contributed by atoms with van der Waals surface area (Å²) in [6, 6.07) is 12.7. The van der Waals surface area contributed by atoms with Gasteiger partial charge in [-0.25, -0.2) is 4.79 Å². The molecular weight excluding hydrogens is 300 g/mol. The van der Waals surface area contributed by atoms with Crippen LogP contribution >= 0.6 is 11.6 Å². The summed E-state index contributed by atoms with van der Waals surface area (Å²) in [4.78, 5) is 11.8. The van der Waals surface area contributed by atoms with E-state index in [1.54, 1.807) is 12.1 Å². The normalized spacial score (nSPS) is 10.9. The van der Waals surface area contributed by atoms with Crippen molar-refractivity contribution in [1.82, 2.24) is 0 Å². The van der Waals surface area contributed by atoms with Crippen LogP contribution in [0.1, 0.15) is 16.7 Å². The Morgan fingerprint density at radius 2 is 1.91 bits per heavy atom. The molecule has 0 unspecified atom stereocenters. The van der Waals surface area contributed by atoms with Gasteiger partial charge < -0.3 is 9.15 Å². The van der Waals surface area contributed by atoms with Gasteiger partial charge in [0.1, 0.15) is 17.9 Å². The molecule has 0 N–H and O–H groups in total. The number of fused-ring (bicyclic) bond motifs is 1. The quantitative estimate of drug-likeness (QED) is 0.661. The molecule has 0 amide bonds. The van der Waals surface area contributed by atoms with E-state index in [0.717, 1.165) is 22.1 Å². The Hall–Kier alpha value is -2.26. The van der Waals surface area contributed by atoms with Crippen LogP contribution in [0.2, 0.25) is 5.02 Å². The molecule has 0 radical (unpaired) electrons. The van der Waals surface area contributed by atoms with Gasteiger partial charge in [0.2, 0.25) is 0 Å². The number of aryl methyl sites for hydroxylation is 2. The maximum atomic E-state index is 11.8. The zero-order valence-electron chi connectivity index (χ0n) is 12.4. The van der Waals surface area contributed by atoms with E-state index in [-0.39, 0.29) is 12.2 Å². The molecule has 0 fully saturated rings. The standard InChI is InChI=1S/C18H15ClO3/c1-11-7-8-14-13(9-17(20)22-18(14)12(11)2)10-21-16-6-4-3-5-15(16)19/h3-9H,10H2,1-2H3. The Morgan fingerprint density at radius 1 is 1.14 bits per heavy atom. The summed E-state index contributed by atoms with van der Waals surface area (Å²) >= 11 is 6.08. The molecule has 0 saturated heterocycles. The lowest BCUT2D eigenvalue weighted by molar-refractivity contribution is 0.307. The molecule has 3 aromatic rings. The summed E-state index contributed by atoms with van der Waals surface area (Å²) in [7, 11) is 0. The van der Waals surface area contributed by atoms with Gasteiger partial charge >= 0.3 is 5.63 Å². The zero-order valence-corrected chi connectivity index (χ0v) is 13.1. The van der Waals surface area contributed by atoms with Gasteiger partial charge in [0.15, 0.2) is 0 Å². The predicted octanol–water partition coefficient (Wildman–Crippen LogP) is 4.64. The van der Waals surface area contributed by atoms with E-state index < -0.39 is 0 Å². The highest BCUT2D eigenvalue weighted by Gasteiger charge is 2.10. The molecule has 0 spiro atoms. The fourth-order valence-corrected chi connectivity index (χ4v) is 2.55. The van der Waals surface area contributed by atoms with Crippen molar-refractivity contribution in [2.24, 2.45) is 0 Å². The number of hydrogen-bond acceptors (Lipinski definition) is 3. The van der Waals surface area contributed by atoms with Gasteiger partial charge in [0.05, 0.1) is 5.02 Å². The average molecular weight is 315 g/mol. The van der Waals surface area contributed by atoms with Crippen LogP contribution < -0.4 is 10.4 Å². The maximum Gasteiger partial charge on any atom is 0.336 e. The summed E-state index contributed by atoms with van der Waals surface area (Å²) in [5, 5.41) is 1.43. The highest BCUT2D eigenvalue weighted by molar-refractivity contribution is 6.32. The number of para-hydroxylation sites is 1. The lowest BCUT2D eigenvalue weighted by Crippen LogP contribution is -2.05. The number of hydrogen-bond donors (Lipinski definition) is 0. The SMILES string of the molecule is Cc1ccc2c(COc3ccccc3Cl)cc(=O)oc2c1C. The topological polar surface area (TPSA) is 39.4 Å². The number of rotatable bonds is 3. The lowest BCUT2D eigenvalue weighted by atomic mass is 10.0. The third-order valence-electron chi connectivity index (χ3n) is 3.74. The molecule has 0 atom stereocenters. The Balaban J connectivity index is 2.02. The first-order valence-electron chi connectivity index (χ1n) is 6.96. The third kappa shape index (κ3) is 2.72. The van der Waals surface area contributed by atoms with Gasteiger partial charge in [0, 0.05) is 17.0 Å². The molecule has 1 heterocycles. The van der Waals surface area contributed by atoms with Gasteiger partial charge in [0.25, 0.3) is 0 Å². The van der Waals surface area contributed by atoms with E-state index >= 15 is 0 Å². The Kier molecular flexibility index (Phi) is 3.90. The summed E-state index contributed by atoms with van der Waals surface area (Å²) in [6.45, 7) is 4.19. The van der Waals surface area contributed by atoms with Crippen LogP contribution in [0.5, 0.6) is 5.75 Å². The number of benzene rings is 2. The summed E-state index contributed by atoms with van der Waals surface area (Å²) in [6.07, 6.45) is 0. The van der Waals surface area contributed by atoms with E-state index in [9.17, 15) is 4.79 Å². The van der Waals surface area contributed by atoms with Gasteiger partial charge in [-0.05, 0) is 37.1 Å². The minimum Gasteiger partial charge on any atom is -0.487 e. The van der Waals surface area contributed by atoms with Crippen molar-refractivity contribution in [3.8, 4) is 5.75 Å². The molecule has 1 aromatic heterocycles. The van der Waals surface area contributed by atoms with Crippen molar-refractivity contribution in [1.29, 1.82) is 0 Å². The monoisotopic (exact) mass is 314 g/mol.